The van der Waals surface area contributed by atoms with Crippen LogP contribution in [0.4, 0.5) is 0 Å². The van der Waals surface area contributed by atoms with E-state index in [2.05, 4.69) is 0 Å². The Kier molecular flexibility index (Phi) is 5.94. The monoisotopic (exact) mass is 274 g/mol. The Morgan fingerprint density at radius 2 is 2.00 bits per heavy atom. The van der Waals surface area contributed by atoms with Crippen LogP contribution in [-0.4, -0.2) is 28.3 Å². The Labute approximate surface area is 112 Å². The van der Waals surface area contributed by atoms with Crippen LogP contribution < -0.4 is 18.1 Å². The number of halogens is 1. The van der Waals surface area contributed by atoms with Gasteiger partial charge in [0.15, 0.2) is 11.5 Å². The van der Waals surface area contributed by atoms with Crippen molar-refractivity contribution in [1.29, 1.82) is 0 Å². The van der Waals surface area contributed by atoms with Gasteiger partial charge in [-0.2, -0.15) is 0 Å². The molecule has 0 fully saturated rings. The van der Waals surface area contributed by atoms with Gasteiger partial charge >= 0.3 is 5.97 Å². The molecule has 0 aliphatic heterocycles. The molecule has 6 heteroatoms. The summed E-state index contributed by atoms with van der Waals surface area (Å²) in [6.07, 6.45) is 0.222. The Balaban J connectivity index is 0.00000289. The van der Waals surface area contributed by atoms with Crippen LogP contribution >= 0.6 is 0 Å². The first kappa shape index (κ1) is 16.5. The van der Waals surface area contributed by atoms with Crippen molar-refractivity contribution in [3.05, 3.63) is 23.8 Å². The lowest BCUT2D eigenvalue weighted by atomic mass is 9.94. The summed E-state index contributed by atoms with van der Waals surface area (Å²) in [4.78, 5) is 11.6. The van der Waals surface area contributed by atoms with Crippen molar-refractivity contribution in [2.45, 2.75) is 25.8 Å². The SMILES string of the molecule is CCOC(=O)C(C)(N)Cc1ccc(O)c(O)c1.[Cl-]. The second-order valence-electron chi connectivity index (χ2n) is 4.14. The van der Waals surface area contributed by atoms with E-state index in [-0.39, 0.29) is 36.9 Å². The Morgan fingerprint density at radius 3 is 2.50 bits per heavy atom. The normalized spacial score (nSPS) is 13.3. The fourth-order valence-corrected chi connectivity index (χ4v) is 1.47. The van der Waals surface area contributed by atoms with Crippen molar-refractivity contribution in [3.63, 3.8) is 0 Å². The molecular formula is C12H17ClNO4-. The highest BCUT2D eigenvalue weighted by Gasteiger charge is 2.30. The molecule has 0 saturated heterocycles. The van der Waals surface area contributed by atoms with Gasteiger partial charge in [-0.15, -0.1) is 0 Å². The fourth-order valence-electron chi connectivity index (χ4n) is 1.47. The van der Waals surface area contributed by atoms with Gasteiger partial charge in [-0.1, -0.05) is 6.07 Å². The molecule has 0 radical (unpaired) electrons. The molecule has 102 valence electrons. The van der Waals surface area contributed by atoms with Crippen LogP contribution in [0.5, 0.6) is 11.5 Å². The minimum atomic E-state index is -1.15. The minimum Gasteiger partial charge on any atom is -1.00 e. The first-order chi connectivity index (χ1) is 7.86. The molecule has 18 heavy (non-hydrogen) atoms. The lowest BCUT2D eigenvalue weighted by Crippen LogP contribution is -3.00. The standard InChI is InChI=1S/C12H17NO4.ClH/c1-3-17-11(16)12(2,13)7-8-4-5-9(14)10(15)6-8;/h4-6,14-15H,3,7,13H2,1-2H3;1H/p-1. The van der Waals surface area contributed by atoms with E-state index in [0.717, 1.165) is 0 Å². The van der Waals surface area contributed by atoms with Crippen molar-refractivity contribution in [3.8, 4) is 11.5 Å². The number of ether oxygens (including phenoxy) is 1. The number of rotatable bonds is 4. The summed E-state index contributed by atoms with van der Waals surface area (Å²) in [6, 6.07) is 4.32. The lowest BCUT2D eigenvalue weighted by Gasteiger charge is -2.22. The summed E-state index contributed by atoms with van der Waals surface area (Å²) >= 11 is 0. The van der Waals surface area contributed by atoms with Gasteiger partial charge in [-0.3, -0.25) is 4.79 Å². The lowest BCUT2D eigenvalue weighted by molar-refractivity contribution is -0.148. The van der Waals surface area contributed by atoms with Gasteiger partial charge in [0.05, 0.1) is 6.61 Å². The molecule has 1 atom stereocenters. The van der Waals surface area contributed by atoms with Crippen LogP contribution in [0.25, 0.3) is 0 Å². The first-order valence-corrected chi connectivity index (χ1v) is 5.34. The number of carbonyl (C=O) groups is 1. The van der Waals surface area contributed by atoms with E-state index < -0.39 is 11.5 Å². The van der Waals surface area contributed by atoms with Crippen LogP contribution in [0.3, 0.4) is 0 Å². The second kappa shape index (κ2) is 6.47. The van der Waals surface area contributed by atoms with E-state index in [9.17, 15) is 9.90 Å². The smallest absolute Gasteiger partial charge is 0.326 e. The summed E-state index contributed by atoms with van der Waals surface area (Å²) in [7, 11) is 0. The van der Waals surface area contributed by atoms with Crippen LogP contribution in [0, 0.1) is 0 Å². The highest BCUT2D eigenvalue weighted by Crippen LogP contribution is 2.26. The maximum absolute atomic E-state index is 11.6. The third-order valence-electron chi connectivity index (χ3n) is 2.35. The van der Waals surface area contributed by atoms with E-state index >= 15 is 0 Å². The second-order valence-corrected chi connectivity index (χ2v) is 4.14. The fraction of sp³-hybridized carbons (Fsp3) is 0.417. The molecular weight excluding hydrogens is 258 g/mol. The summed E-state index contributed by atoms with van der Waals surface area (Å²) in [5, 5.41) is 18.5. The molecule has 1 rings (SSSR count). The van der Waals surface area contributed by atoms with Gasteiger partial charge in [-0.25, -0.2) is 0 Å². The zero-order chi connectivity index (χ0) is 13.1. The molecule has 1 aromatic rings. The van der Waals surface area contributed by atoms with Crippen LogP contribution in [-0.2, 0) is 16.0 Å². The number of phenols is 2. The van der Waals surface area contributed by atoms with Crippen molar-refractivity contribution in [1.82, 2.24) is 0 Å². The van der Waals surface area contributed by atoms with Gasteiger partial charge in [0, 0.05) is 6.42 Å². The predicted octanol–water partition coefficient (Wildman–Crippen LogP) is -2.08. The van der Waals surface area contributed by atoms with E-state index in [1.165, 1.54) is 12.1 Å². The summed E-state index contributed by atoms with van der Waals surface area (Å²) in [5.74, 6) is -0.932. The van der Waals surface area contributed by atoms with E-state index in [0.29, 0.717) is 5.56 Å². The van der Waals surface area contributed by atoms with Crippen molar-refractivity contribution < 1.29 is 32.2 Å². The van der Waals surface area contributed by atoms with Crippen molar-refractivity contribution in [2.75, 3.05) is 6.61 Å². The Morgan fingerprint density at radius 1 is 1.39 bits per heavy atom. The number of esters is 1. The predicted molar refractivity (Wildman–Crippen MR) is 62.7 cm³/mol. The van der Waals surface area contributed by atoms with Crippen molar-refractivity contribution >= 4 is 5.97 Å². The van der Waals surface area contributed by atoms with Crippen LogP contribution in [0.15, 0.2) is 18.2 Å². The largest absolute Gasteiger partial charge is 1.00 e. The first-order valence-electron chi connectivity index (χ1n) is 5.34. The van der Waals surface area contributed by atoms with Gasteiger partial charge in [0.1, 0.15) is 5.54 Å². The zero-order valence-electron chi connectivity index (χ0n) is 10.3. The number of aromatic hydroxyl groups is 2. The van der Waals surface area contributed by atoms with Crippen molar-refractivity contribution in [2.24, 2.45) is 5.73 Å². The number of benzene rings is 1. The van der Waals surface area contributed by atoms with Gasteiger partial charge in [0.25, 0.3) is 0 Å². The van der Waals surface area contributed by atoms with E-state index in [1.807, 2.05) is 0 Å². The highest BCUT2D eigenvalue weighted by molar-refractivity contribution is 5.80. The molecule has 0 heterocycles. The minimum absolute atomic E-state index is 0. The molecule has 0 bridgehead atoms. The number of carbonyl (C=O) groups excluding carboxylic acids is 1. The van der Waals surface area contributed by atoms with E-state index in [4.69, 9.17) is 15.6 Å². The molecule has 1 aromatic carbocycles. The van der Waals surface area contributed by atoms with Crippen LogP contribution in [0.1, 0.15) is 19.4 Å². The maximum Gasteiger partial charge on any atom is 0.326 e. The maximum atomic E-state index is 11.6. The molecule has 0 aliphatic carbocycles. The number of hydrogen-bond acceptors (Lipinski definition) is 5. The molecule has 5 nitrogen and oxygen atoms in total. The van der Waals surface area contributed by atoms with Gasteiger partial charge < -0.3 is 33.1 Å². The third kappa shape index (κ3) is 4.09. The molecule has 0 aromatic heterocycles. The van der Waals surface area contributed by atoms with Gasteiger partial charge in [0.2, 0.25) is 0 Å². The molecule has 0 aliphatic rings. The quantitative estimate of drug-likeness (QED) is 0.433. The topological polar surface area (TPSA) is 92.8 Å². The average molecular weight is 275 g/mol. The summed E-state index contributed by atoms with van der Waals surface area (Å²) in [6.45, 7) is 3.54. The molecule has 4 N–H and O–H groups in total. The zero-order valence-corrected chi connectivity index (χ0v) is 11.1. The number of phenolic OH excluding ortho intramolecular Hbond substituents is 2. The molecule has 0 amide bonds. The highest BCUT2D eigenvalue weighted by atomic mass is 35.5. The third-order valence-corrected chi connectivity index (χ3v) is 2.35. The molecule has 1 unspecified atom stereocenters. The molecule has 0 saturated carbocycles. The number of nitrogens with two attached hydrogens (primary N) is 1. The van der Waals surface area contributed by atoms with Crippen LogP contribution in [0.2, 0.25) is 0 Å². The number of hydrogen-bond donors (Lipinski definition) is 3. The molecule has 0 spiro atoms. The Hall–Kier alpha value is -1.46. The van der Waals surface area contributed by atoms with E-state index in [1.54, 1.807) is 19.9 Å². The summed E-state index contributed by atoms with van der Waals surface area (Å²) in [5.41, 5.74) is 5.35. The van der Waals surface area contributed by atoms with Gasteiger partial charge in [-0.05, 0) is 31.5 Å². The Bertz CT molecular complexity index is 421. The summed E-state index contributed by atoms with van der Waals surface area (Å²) < 4.78 is 4.86. The average Bonchev–Trinajstić information content (AvgIpc) is 2.23.